The first kappa shape index (κ1) is 39.3. The monoisotopic (exact) mass is 761 g/mol. The van der Waals surface area contributed by atoms with Crippen LogP contribution in [0.25, 0.3) is 0 Å². The minimum Gasteiger partial charge on any atom is -0.481 e. The van der Waals surface area contributed by atoms with Gasteiger partial charge in [-0.1, -0.05) is 93.9 Å². The second-order valence-electron chi connectivity index (χ2n) is 20.5. The number of carbonyl (C=O) groups is 4. The third-order valence-electron chi connectivity index (χ3n) is 17.8. The molecule has 8 rings (SSSR count). The zero-order valence-corrected chi connectivity index (χ0v) is 34.7. The van der Waals surface area contributed by atoms with E-state index < -0.39 is 28.3 Å². The smallest absolute Gasteiger partial charge is 0.312 e. The Morgan fingerprint density at radius 2 is 1.43 bits per heavy atom. The van der Waals surface area contributed by atoms with E-state index in [4.69, 9.17) is 4.74 Å². The number of allylic oxidation sites excluding steroid dienone is 2. The number of fused-ring (bicyclic) bond motifs is 7. The summed E-state index contributed by atoms with van der Waals surface area (Å²) >= 11 is 0. The molecule has 4 saturated carbocycles. The number of aliphatic carboxylic acids is 1. The van der Waals surface area contributed by atoms with Crippen LogP contribution in [0.4, 0.5) is 0 Å². The van der Waals surface area contributed by atoms with E-state index in [2.05, 4.69) is 39.5 Å². The van der Waals surface area contributed by atoms with Crippen molar-refractivity contribution in [2.24, 2.45) is 50.2 Å². The molecular formula is C49H63NO6. The Hall–Kier alpha value is -3.58. The summed E-state index contributed by atoms with van der Waals surface area (Å²) in [5, 5.41) is 11.2. The van der Waals surface area contributed by atoms with Crippen molar-refractivity contribution in [1.82, 2.24) is 4.90 Å². The third-order valence-corrected chi connectivity index (χ3v) is 17.8. The van der Waals surface area contributed by atoms with E-state index in [0.717, 1.165) is 75.5 Å². The number of likely N-dealkylation sites (tertiary alicyclic amines) is 1. The Kier molecular flexibility index (Phi) is 9.46. The van der Waals surface area contributed by atoms with Gasteiger partial charge >= 0.3 is 11.9 Å². The van der Waals surface area contributed by atoms with E-state index in [1.807, 2.05) is 73.7 Å². The van der Waals surface area contributed by atoms with E-state index in [1.54, 1.807) is 6.92 Å². The molecule has 7 heteroatoms. The second-order valence-corrected chi connectivity index (χ2v) is 20.5. The molecule has 0 amide bonds. The first-order valence-electron chi connectivity index (χ1n) is 21.5. The number of carboxylic acid groups (broad SMARTS) is 1. The van der Waals surface area contributed by atoms with Gasteiger partial charge in [-0.05, 0) is 149 Å². The van der Waals surface area contributed by atoms with Crippen molar-refractivity contribution in [1.29, 1.82) is 0 Å². The molecule has 0 spiro atoms. The van der Waals surface area contributed by atoms with Gasteiger partial charge in [-0.2, -0.15) is 0 Å². The van der Waals surface area contributed by atoms with Crippen LogP contribution in [0.1, 0.15) is 136 Å². The highest BCUT2D eigenvalue weighted by Gasteiger charge is 2.72. The molecule has 0 aromatic heterocycles. The van der Waals surface area contributed by atoms with Crippen LogP contribution in [-0.2, 0) is 23.9 Å². The van der Waals surface area contributed by atoms with Gasteiger partial charge in [0.25, 0.3) is 0 Å². The lowest BCUT2D eigenvalue weighted by Crippen LogP contribution is -2.69. The van der Waals surface area contributed by atoms with E-state index in [1.165, 1.54) is 5.57 Å². The maximum atomic E-state index is 15.1. The molecule has 1 unspecified atom stereocenters. The van der Waals surface area contributed by atoms with Crippen LogP contribution in [0.3, 0.4) is 0 Å². The van der Waals surface area contributed by atoms with Crippen LogP contribution < -0.4 is 0 Å². The SMILES string of the molecule is CC(=O)C1CCCN1[C@H]1CC[C@@]2(C)[C@@H](CC[C@]3(C)[C@@H]2C(=O)C=C2[C@@H]4C[C@@](C)(C(=O)OC(c5ccccc5)c5ccccc5)CC[C@]4(C)CC[C@]23C)[C@]1(C)C(=O)O. The van der Waals surface area contributed by atoms with Gasteiger partial charge in [0, 0.05) is 12.0 Å². The van der Waals surface area contributed by atoms with Gasteiger partial charge in [0.05, 0.1) is 16.9 Å². The summed E-state index contributed by atoms with van der Waals surface area (Å²) in [7, 11) is 0. The average Bonchev–Trinajstić information content (AvgIpc) is 3.66. The lowest BCUT2D eigenvalue weighted by atomic mass is 9.33. The van der Waals surface area contributed by atoms with Gasteiger partial charge in [-0.25, -0.2) is 0 Å². The highest BCUT2D eigenvalue weighted by Crippen LogP contribution is 2.75. The van der Waals surface area contributed by atoms with Gasteiger partial charge < -0.3 is 9.84 Å². The summed E-state index contributed by atoms with van der Waals surface area (Å²) in [6, 6.07) is 19.5. The molecule has 0 radical (unpaired) electrons. The fraction of sp³-hybridized carbons (Fsp3) is 0.633. The van der Waals surface area contributed by atoms with E-state index in [0.29, 0.717) is 12.8 Å². The van der Waals surface area contributed by atoms with Crippen LogP contribution in [-0.4, -0.2) is 52.1 Å². The van der Waals surface area contributed by atoms with Crippen molar-refractivity contribution in [3.8, 4) is 0 Å². The third kappa shape index (κ3) is 5.59. The summed E-state index contributed by atoms with van der Waals surface area (Å²) in [4.78, 5) is 58.3. The Bertz CT molecular complexity index is 1900. The second kappa shape index (κ2) is 13.5. The zero-order chi connectivity index (χ0) is 40.1. The Balaban J connectivity index is 1.12. The van der Waals surface area contributed by atoms with Gasteiger partial charge in [-0.15, -0.1) is 0 Å². The standard InChI is InChI=1S/C49H63NO6/c1-31(51)36-19-14-28-50(36)39-21-22-46(4)38(49(39,7)42(53)54)20-23-48(6)41(46)37(52)29-34-35-30-45(3,25-24-44(35,2)26-27-47(34,48)5)43(55)56-40(32-15-10-8-11-16-32)33-17-12-9-13-18-33/h8-13,15-18,29,35-36,38-41H,14,19-28,30H2,1-7H3,(H,53,54)/t35-,36?,38+,39-,41+,44+,45-,46-,47+,48+,49-/m0/s1. The zero-order valence-electron chi connectivity index (χ0n) is 34.7. The molecular weight excluding hydrogens is 699 g/mol. The minimum atomic E-state index is -1.08. The summed E-state index contributed by atoms with van der Waals surface area (Å²) in [5.74, 6) is -1.14. The Labute approximate surface area is 334 Å². The van der Waals surface area contributed by atoms with Crippen molar-refractivity contribution < 1.29 is 29.0 Å². The molecule has 1 heterocycles. The summed E-state index contributed by atoms with van der Waals surface area (Å²) in [6.07, 6.45) is 10.4. The summed E-state index contributed by atoms with van der Waals surface area (Å²) in [5.41, 5.74) is 0.146. The molecule has 2 aromatic rings. The number of esters is 1. The van der Waals surface area contributed by atoms with Gasteiger partial charge in [0.2, 0.25) is 0 Å². The number of ether oxygens (including phenoxy) is 1. The van der Waals surface area contributed by atoms with Crippen LogP contribution in [0, 0.1) is 50.2 Å². The Morgan fingerprint density at radius 1 is 0.804 bits per heavy atom. The van der Waals surface area contributed by atoms with Crippen LogP contribution in [0.15, 0.2) is 72.3 Å². The topological polar surface area (TPSA) is 101 Å². The normalized spacial score (nSPS) is 42.1. The van der Waals surface area contributed by atoms with Crippen molar-refractivity contribution in [3.63, 3.8) is 0 Å². The number of hydrogen-bond acceptors (Lipinski definition) is 6. The highest BCUT2D eigenvalue weighted by molar-refractivity contribution is 5.96. The number of nitrogens with zero attached hydrogens (tertiary/aromatic N) is 1. The number of benzene rings is 2. The predicted octanol–water partition coefficient (Wildman–Crippen LogP) is 9.79. The molecule has 300 valence electrons. The number of Topliss-reactive ketones (excluding diaryl/α,β-unsaturated/α-hetero) is 1. The molecule has 2 aromatic carbocycles. The van der Waals surface area contributed by atoms with E-state index in [-0.39, 0.29) is 63.6 Å². The lowest BCUT2D eigenvalue weighted by Gasteiger charge is -2.70. The number of carbonyl (C=O) groups excluding carboxylic acids is 3. The summed E-state index contributed by atoms with van der Waals surface area (Å²) < 4.78 is 6.55. The predicted molar refractivity (Wildman–Crippen MR) is 216 cm³/mol. The molecule has 1 N–H and O–H groups in total. The fourth-order valence-electron chi connectivity index (χ4n) is 14.3. The van der Waals surface area contributed by atoms with Crippen LogP contribution >= 0.6 is 0 Å². The molecule has 56 heavy (non-hydrogen) atoms. The largest absolute Gasteiger partial charge is 0.481 e. The Morgan fingerprint density at radius 3 is 2.04 bits per heavy atom. The maximum Gasteiger partial charge on any atom is 0.312 e. The van der Waals surface area contributed by atoms with E-state index >= 15 is 4.79 Å². The van der Waals surface area contributed by atoms with Crippen molar-refractivity contribution >= 4 is 23.5 Å². The molecule has 1 saturated heterocycles. The minimum absolute atomic E-state index is 0.0309. The molecule has 0 bridgehead atoms. The number of carboxylic acids is 1. The molecule has 5 fully saturated rings. The molecule has 6 aliphatic rings. The van der Waals surface area contributed by atoms with Gasteiger partial charge in [0.15, 0.2) is 11.9 Å². The van der Waals surface area contributed by atoms with Crippen molar-refractivity contribution in [2.45, 2.75) is 137 Å². The molecule has 11 atom stereocenters. The van der Waals surface area contributed by atoms with Gasteiger partial charge in [-0.3, -0.25) is 24.1 Å². The van der Waals surface area contributed by atoms with Crippen molar-refractivity contribution in [2.75, 3.05) is 6.54 Å². The highest BCUT2D eigenvalue weighted by atomic mass is 16.5. The number of ketones is 2. The molecule has 1 aliphatic heterocycles. The van der Waals surface area contributed by atoms with Crippen LogP contribution in [0.2, 0.25) is 0 Å². The fourth-order valence-corrected chi connectivity index (χ4v) is 14.3. The van der Waals surface area contributed by atoms with E-state index in [9.17, 15) is 19.5 Å². The van der Waals surface area contributed by atoms with Gasteiger partial charge in [0.1, 0.15) is 5.78 Å². The first-order chi connectivity index (χ1) is 26.4. The quantitative estimate of drug-likeness (QED) is 0.281. The number of rotatable bonds is 7. The maximum absolute atomic E-state index is 15.1. The first-order valence-corrected chi connectivity index (χ1v) is 21.5. The average molecular weight is 762 g/mol. The molecule has 7 nitrogen and oxygen atoms in total. The van der Waals surface area contributed by atoms with Crippen molar-refractivity contribution in [3.05, 3.63) is 83.4 Å². The summed E-state index contributed by atoms with van der Waals surface area (Å²) in [6.45, 7) is 15.8. The van der Waals surface area contributed by atoms with Crippen LogP contribution in [0.5, 0.6) is 0 Å². The molecule has 5 aliphatic carbocycles. The lowest BCUT2D eigenvalue weighted by molar-refractivity contribution is -0.209. The number of hydrogen-bond donors (Lipinski definition) is 1.